The summed E-state index contributed by atoms with van der Waals surface area (Å²) in [4.78, 5) is 16.9. The van der Waals surface area contributed by atoms with Gasteiger partial charge in [0.2, 0.25) is 5.91 Å². The van der Waals surface area contributed by atoms with Gasteiger partial charge in [-0.1, -0.05) is 42.5 Å². The van der Waals surface area contributed by atoms with Crippen molar-refractivity contribution in [3.05, 3.63) is 66.2 Å². The lowest BCUT2D eigenvalue weighted by atomic mass is 10.0. The number of ether oxygens (including phenoxy) is 2. The van der Waals surface area contributed by atoms with Crippen molar-refractivity contribution in [1.82, 2.24) is 4.90 Å². The number of benzene rings is 3. The molecule has 5 nitrogen and oxygen atoms in total. The molecule has 1 fully saturated rings. The molecule has 3 aromatic carbocycles. The Morgan fingerprint density at radius 1 is 1.00 bits per heavy atom. The average Bonchev–Trinajstić information content (AvgIpc) is 3.12. The third kappa shape index (κ3) is 3.35. The van der Waals surface area contributed by atoms with Crippen LogP contribution >= 0.6 is 11.8 Å². The van der Waals surface area contributed by atoms with Crippen LogP contribution in [0.4, 0.5) is 5.69 Å². The number of hydrogen-bond acceptors (Lipinski definition) is 5. The van der Waals surface area contributed by atoms with Crippen LogP contribution in [0.1, 0.15) is 10.9 Å². The first-order valence-electron chi connectivity index (χ1n) is 10.1. The number of fused-ring (bicyclic) bond motifs is 2. The Morgan fingerprint density at radius 2 is 1.73 bits per heavy atom. The van der Waals surface area contributed by atoms with Gasteiger partial charge in [-0.25, -0.2) is 0 Å². The van der Waals surface area contributed by atoms with Crippen molar-refractivity contribution >= 4 is 34.1 Å². The summed E-state index contributed by atoms with van der Waals surface area (Å²) in [7, 11) is 4.11. The summed E-state index contributed by atoms with van der Waals surface area (Å²) in [6.07, 6.45) is -0.183. The normalized spacial score (nSPS) is 20.6. The number of rotatable bonds is 4. The molecule has 0 aromatic heterocycles. The van der Waals surface area contributed by atoms with E-state index in [0.717, 1.165) is 11.5 Å². The Bertz CT molecular complexity index is 1100. The number of carbonyl (C=O) groups excluding carboxylic acids is 1. The van der Waals surface area contributed by atoms with Crippen molar-refractivity contribution < 1.29 is 14.3 Å². The predicted molar refractivity (Wildman–Crippen MR) is 122 cm³/mol. The van der Waals surface area contributed by atoms with E-state index in [2.05, 4.69) is 55.4 Å². The molecule has 0 radical (unpaired) electrons. The van der Waals surface area contributed by atoms with Gasteiger partial charge in [-0.05, 0) is 29.1 Å². The van der Waals surface area contributed by atoms with Crippen LogP contribution in [-0.4, -0.2) is 49.9 Å². The number of hydrogen-bond donors (Lipinski definition) is 0. The molecule has 5 rings (SSSR count). The number of nitrogens with zero attached hydrogens (tertiary/aromatic N) is 2. The number of amides is 1. The summed E-state index contributed by atoms with van der Waals surface area (Å²) in [5, 5.41) is 2.36. The van der Waals surface area contributed by atoms with Gasteiger partial charge in [-0.2, -0.15) is 0 Å². The Balaban J connectivity index is 1.45. The first kappa shape index (κ1) is 19.1. The highest BCUT2D eigenvalue weighted by Gasteiger charge is 2.37. The molecule has 2 heterocycles. The standard InChI is InChI=1S/C24H24N2O3S/c1-25(2)20-12-11-19(17-7-3-4-8-18(17)20)24-26(23(27)15-30-24)13-16-14-28-21-9-5-6-10-22(21)29-16/h3-12,16,24H,13-15H2,1-2H3. The van der Waals surface area contributed by atoms with Crippen LogP contribution in [0.3, 0.4) is 0 Å². The molecule has 0 spiro atoms. The van der Waals surface area contributed by atoms with Gasteiger partial charge in [0, 0.05) is 25.2 Å². The second-order valence-electron chi connectivity index (χ2n) is 7.82. The molecule has 154 valence electrons. The fourth-order valence-corrected chi connectivity index (χ4v) is 5.43. The second kappa shape index (κ2) is 7.76. The molecule has 1 amide bonds. The van der Waals surface area contributed by atoms with Gasteiger partial charge in [0.25, 0.3) is 0 Å². The minimum atomic E-state index is -0.183. The summed E-state index contributed by atoms with van der Waals surface area (Å²) in [6.45, 7) is 0.951. The topological polar surface area (TPSA) is 42.0 Å². The van der Waals surface area contributed by atoms with Crippen molar-refractivity contribution in [2.45, 2.75) is 11.5 Å². The summed E-state index contributed by atoms with van der Waals surface area (Å²) >= 11 is 1.68. The van der Waals surface area contributed by atoms with Gasteiger partial charge >= 0.3 is 0 Å². The fraction of sp³-hybridized carbons (Fsp3) is 0.292. The van der Waals surface area contributed by atoms with E-state index in [0.29, 0.717) is 18.9 Å². The van der Waals surface area contributed by atoms with E-state index in [1.54, 1.807) is 11.8 Å². The van der Waals surface area contributed by atoms with Crippen molar-refractivity contribution in [1.29, 1.82) is 0 Å². The van der Waals surface area contributed by atoms with E-state index >= 15 is 0 Å². The highest BCUT2D eigenvalue weighted by molar-refractivity contribution is 8.00. The van der Waals surface area contributed by atoms with Crippen LogP contribution in [0.25, 0.3) is 10.8 Å². The summed E-state index contributed by atoms with van der Waals surface area (Å²) in [5.74, 6) is 2.13. The van der Waals surface area contributed by atoms with Crippen LogP contribution < -0.4 is 14.4 Å². The quantitative estimate of drug-likeness (QED) is 0.629. The maximum atomic E-state index is 12.8. The van der Waals surface area contributed by atoms with Gasteiger partial charge in [0.1, 0.15) is 12.0 Å². The molecule has 0 bridgehead atoms. The van der Waals surface area contributed by atoms with Crippen LogP contribution in [0.15, 0.2) is 60.7 Å². The predicted octanol–water partition coefficient (Wildman–Crippen LogP) is 4.32. The first-order chi connectivity index (χ1) is 14.6. The summed E-state index contributed by atoms with van der Waals surface area (Å²) < 4.78 is 12.0. The molecule has 0 N–H and O–H groups in total. The average molecular weight is 421 g/mol. The lowest BCUT2D eigenvalue weighted by Crippen LogP contribution is -2.42. The van der Waals surface area contributed by atoms with Crippen molar-refractivity contribution in [3.63, 3.8) is 0 Å². The van der Waals surface area contributed by atoms with Gasteiger partial charge in [0.05, 0.1) is 12.3 Å². The molecular formula is C24H24N2O3S. The molecule has 6 heteroatoms. The van der Waals surface area contributed by atoms with Crippen LogP contribution in [0, 0.1) is 0 Å². The van der Waals surface area contributed by atoms with E-state index in [1.165, 1.54) is 22.0 Å². The fourth-order valence-electron chi connectivity index (χ4n) is 4.19. The van der Waals surface area contributed by atoms with E-state index < -0.39 is 0 Å². The molecule has 0 aliphatic carbocycles. The number of thioether (sulfide) groups is 1. The molecule has 1 saturated heterocycles. The molecule has 2 unspecified atom stereocenters. The van der Waals surface area contributed by atoms with E-state index in [1.807, 2.05) is 29.2 Å². The summed E-state index contributed by atoms with van der Waals surface area (Å²) in [6, 6.07) is 20.4. The second-order valence-corrected chi connectivity index (χ2v) is 8.89. The Kier molecular flexibility index (Phi) is 4.95. The third-order valence-corrected chi connectivity index (χ3v) is 6.86. The number of carbonyl (C=O) groups is 1. The van der Waals surface area contributed by atoms with E-state index in [-0.39, 0.29) is 17.4 Å². The molecule has 2 aliphatic rings. The highest BCUT2D eigenvalue weighted by atomic mass is 32.2. The zero-order valence-corrected chi connectivity index (χ0v) is 17.9. The third-order valence-electron chi connectivity index (χ3n) is 5.62. The molecule has 0 saturated carbocycles. The number of anilines is 1. The minimum absolute atomic E-state index is 0.0283. The van der Waals surface area contributed by atoms with Crippen molar-refractivity contribution in [2.75, 3.05) is 37.9 Å². The maximum Gasteiger partial charge on any atom is 0.233 e. The Hall–Kier alpha value is -2.86. The maximum absolute atomic E-state index is 12.8. The van der Waals surface area contributed by atoms with Gasteiger partial charge in [-0.15, -0.1) is 11.8 Å². The number of para-hydroxylation sites is 2. The lowest BCUT2D eigenvalue weighted by molar-refractivity contribution is -0.129. The Morgan fingerprint density at radius 3 is 2.53 bits per heavy atom. The molecular weight excluding hydrogens is 396 g/mol. The molecule has 2 atom stereocenters. The largest absolute Gasteiger partial charge is 0.486 e. The monoisotopic (exact) mass is 420 g/mol. The molecule has 3 aromatic rings. The van der Waals surface area contributed by atoms with Crippen LogP contribution in [0.2, 0.25) is 0 Å². The van der Waals surface area contributed by atoms with Gasteiger partial charge < -0.3 is 19.3 Å². The van der Waals surface area contributed by atoms with E-state index in [4.69, 9.17) is 9.47 Å². The highest BCUT2D eigenvalue weighted by Crippen LogP contribution is 2.43. The van der Waals surface area contributed by atoms with Gasteiger partial charge in [-0.3, -0.25) is 4.79 Å². The minimum Gasteiger partial charge on any atom is -0.486 e. The molecule has 30 heavy (non-hydrogen) atoms. The van der Waals surface area contributed by atoms with E-state index in [9.17, 15) is 4.79 Å². The van der Waals surface area contributed by atoms with Crippen LogP contribution in [0.5, 0.6) is 11.5 Å². The first-order valence-corrected chi connectivity index (χ1v) is 11.2. The summed E-state index contributed by atoms with van der Waals surface area (Å²) in [5.41, 5.74) is 2.35. The zero-order valence-electron chi connectivity index (χ0n) is 17.1. The van der Waals surface area contributed by atoms with Crippen molar-refractivity contribution in [3.8, 4) is 11.5 Å². The lowest BCUT2D eigenvalue weighted by Gasteiger charge is -2.32. The SMILES string of the molecule is CN(C)c1ccc(C2SCC(=O)N2CC2COc3ccccc3O2)c2ccccc12. The molecule has 2 aliphatic heterocycles. The Labute approximate surface area is 180 Å². The smallest absolute Gasteiger partial charge is 0.233 e. The van der Waals surface area contributed by atoms with Crippen molar-refractivity contribution in [2.24, 2.45) is 0 Å². The van der Waals surface area contributed by atoms with Gasteiger partial charge in [0.15, 0.2) is 17.6 Å². The van der Waals surface area contributed by atoms with Crippen LogP contribution in [-0.2, 0) is 4.79 Å². The zero-order chi connectivity index (χ0) is 20.7.